The molecule has 1 fully saturated rings. The number of halogens is 1. The Morgan fingerprint density at radius 3 is 3.06 bits per heavy atom. The monoisotopic (exact) mass is 295 g/mol. The quantitative estimate of drug-likeness (QED) is 0.827. The van der Waals surface area contributed by atoms with Crippen molar-refractivity contribution in [2.75, 3.05) is 29.9 Å². The SMILES string of the molecule is O=C1CN(C2CCNC2)c2ccc(Br)cc2N1. The molecule has 0 aromatic heterocycles. The Morgan fingerprint density at radius 1 is 1.41 bits per heavy atom. The molecule has 2 heterocycles. The van der Waals surface area contributed by atoms with Crippen LogP contribution >= 0.6 is 15.9 Å². The van der Waals surface area contributed by atoms with Crippen LogP contribution < -0.4 is 15.5 Å². The zero-order chi connectivity index (χ0) is 11.8. The molecule has 0 saturated carbocycles. The first-order valence-corrected chi connectivity index (χ1v) is 6.60. The van der Waals surface area contributed by atoms with Crippen LogP contribution in [0.15, 0.2) is 22.7 Å². The lowest BCUT2D eigenvalue weighted by Crippen LogP contribution is -2.45. The topological polar surface area (TPSA) is 44.4 Å². The molecule has 1 amide bonds. The lowest BCUT2D eigenvalue weighted by atomic mass is 10.1. The molecular weight excluding hydrogens is 282 g/mol. The van der Waals surface area contributed by atoms with Crippen molar-refractivity contribution in [3.63, 3.8) is 0 Å². The summed E-state index contributed by atoms with van der Waals surface area (Å²) in [5.74, 6) is 0.0718. The van der Waals surface area contributed by atoms with E-state index < -0.39 is 0 Å². The molecule has 3 rings (SSSR count). The van der Waals surface area contributed by atoms with E-state index in [1.165, 1.54) is 0 Å². The second kappa shape index (κ2) is 4.31. The fourth-order valence-corrected chi connectivity index (χ4v) is 2.88. The number of anilines is 2. The minimum absolute atomic E-state index is 0.0718. The third-order valence-corrected chi connectivity index (χ3v) is 3.82. The van der Waals surface area contributed by atoms with Gasteiger partial charge in [-0.2, -0.15) is 0 Å². The lowest BCUT2D eigenvalue weighted by Gasteiger charge is -2.35. The number of amides is 1. The highest BCUT2D eigenvalue weighted by molar-refractivity contribution is 9.10. The molecule has 0 radical (unpaired) electrons. The van der Waals surface area contributed by atoms with E-state index in [1.54, 1.807) is 0 Å². The van der Waals surface area contributed by atoms with Crippen molar-refractivity contribution in [2.24, 2.45) is 0 Å². The van der Waals surface area contributed by atoms with Crippen molar-refractivity contribution in [2.45, 2.75) is 12.5 Å². The minimum atomic E-state index is 0.0718. The van der Waals surface area contributed by atoms with E-state index in [0.717, 1.165) is 35.4 Å². The fourth-order valence-electron chi connectivity index (χ4n) is 2.52. The standard InChI is InChI=1S/C12H14BrN3O/c13-8-1-2-11-10(5-8)15-12(17)7-16(11)9-3-4-14-6-9/h1-2,5,9,14H,3-4,6-7H2,(H,15,17). The Labute approximate surface area is 108 Å². The average Bonchev–Trinajstić information content (AvgIpc) is 2.80. The minimum Gasteiger partial charge on any atom is -0.356 e. The van der Waals surface area contributed by atoms with Crippen LogP contribution in [0.4, 0.5) is 11.4 Å². The van der Waals surface area contributed by atoms with Crippen LogP contribution in [0, 0.1) is 0 Å². The summed E-state index contributed by atoms with van der Waals surface area (Å²) in [5, 5.41) is 6.27. The van der Waals surface area contributed by atoms with Gasteiger partial charge in [-0.15, -0.1) is 0 Å². The molecular formula is C12H14BrN3O. The lowest BCUT2D eigenvalue weighted by molar-refractivity contribution is -0.115. The Balaban J connectivity index is 1.98. The molecule has 0 bridgehead atoms. The number of rotatable bonds is 1. The summed E-state index contributed by atoms with van der Waals surface area (Å²) in [4.78, 5) is 13.9. The van der Waals surface area contributed by atoms with E-state index in [1.807, 2.05) is 12.1 Å². The van der Waals surface area contributed by atoms with E-state index >= 15 is 0 Å². The smallest absolute Gasteiger partial charge is 0.243 e. The normalized spacial score (nSPS) is 23.5. The molecule has 1 unspecified atom stereocenters. The second-order valence-electron chi connectivity index (χ2n) is 4.48. The van der Waals surface area contributed by atoms with Crippen molar-refractivity contribution in [1.82, 2.24) is 5.32 Å². The highest BCUT2D eigenvalue weighted by Gasteiger charge is 2.29. The van der Waals surface area contributed by atoms with Gasteiger partial charge in [-0.1, -0.05) is 15.9 Å². The van der Waals surface area contributed by atoms with Gasteiger partial charge in [-0.05, 0) is 31.2 Å². The molecule has 0 aliphatic carbocycles. The number of benzene rings is 1. The van der Waals surface area contributed by atoms with Gasteiger partial charge in [0.05, 0.1) is 17.9 Å². The third-order valence-electron chi connectivity index (χ3n) is 3.33. The van der Waals surface area contributed by atoms with Crippen LogP contribution in [0.2, 0.25) is 0 Å². The molecule has 1 saturated heterocycles. The molecule has 1 aromatic rings. The molecule has 2 aliphatic rings. The molecule has 2 N–H and O–H groups in total. The zero-order valence-electron chi connectivity index (χ0n) is 9.37. The van der Waals surface area contributed by atoms with Crippen molar-refractivity contribution >= 4 is 33.2 Å². The summed E-state index contributed by atoms with van der Waals surface area (Å²) in [6.07, 6.45) is 1.10. The van der Waals surface area contributed by atoms with Crippen LogP contribution in [0.1, 0.15) is 6.42 Å². The van der Waals surface area contributed by atoms with Crippen LogP contribution in [-0.2, 0) is 4.79 Å². The van der Waals surface area contributed by atoms with Crippen LogP contribution in [0.25, 0.3) is 0 Å². The van der Waals surface area contributed by atoms with Crippen molar-refractivity contribution in [1.29, 1.82) is 0 Å². The molecule has 90 valence electrons. The number of fused-ring (bicyclic) bond motifs is 1. The van der Waals surface area contributed by atoms with E-state index in [9.17, 15) is 4.79 Å². The number of carbonyl (C=O) groups excluding carboxylic acids is 1. The van der Waals surface area contributed by atoms with E-state index in [-0.39, 0.29) is 5.91 Å². The molecule has 5 heteroatoms. The van der Waals surface area contributed by atoms with Gasteiger partial charge in [0.2, 0.25) is 5.91 Å². The van der Waals surface area contributed by atoms with E-state index in [0.29, 0.717) is 12.6 Å². The number of carbonyl (C=O) groups is 1. The maximum Gasteiger partial charge on any atom is 0.243 e. The van der Waals surface area contributed by atoms with Crippen LogP contribution in [0.3, 0.4) is 0 Å². The Bertz CT molecular complexity index is 457. The maximum atomic E-state index is 11.7. The zero-order valence-corrected chi connectivity index (χ0v) is 11.0. The fraction of sp³-hybridized carbons (Fsp3) is 0.417. The summed E-state index contributed by atoms with van der Waals surface area (Å²) >= 11 is 3.43. The highest BCUT2D eigenvalue weighted by atomic mass is 79.9. The Kier molecular flexibility index (Phi) is 2.80. The number of hydrogen-bond acceptors (Lipinski definition) is 3. The maximum absolute atomic E-state index is 11.7. The molecule has 1 aromatic carbocycles. The first-order chi connectivity index (χ1) is 8.24. The van der Waals surface area contributed by atoms with Gasteiger partial charge in [0.1, 0.15) is 0 Å². The van der Waals surface area contributed by atoms with Gasteiger partial charge >= 0.3 is 0 Å². The highest BCUT2D eigenvalue weighted by Crippen LogP contribution is 2.34. The summed E-state index contributed by atoms with van der Waals surface area (Å²) in [7, 11) is 0. The largest absolute Gasteiger partial charge is 0.356 e. The average molecular weight is 296 g/mol. The first kappa shape index (κ1) is 11.0. The third kappa shape index (κ3) is 2.05. The summed E-state index contributed by atoms with van der Waals surface area (Å²) in [5.41, 5.74) is 2.03. The van der Waals surface area contributed by atoms with Crippen molar-refractivity contribution in [3.8, 4) is 0 Å². The van der Waals surface area contributed by atoms with E-state index in [4.69, 9.17) is 0 Å². The van der Waals surface area contributed by atoms with Gasteiger partial charge in [0, 0.05) is 17.1 Å². The van der Waals surface area contributed by atoms with Gasteiger partial charge in [-0.25, -0.2) is 0 Å². The summed E-state index contributed by atoms with van der Waals surface area (Å²) < 4.78 is 0.989. The van der Waals surface area contributed by atoms with Gasteiger partial charge < -0.3 is 15.5 Å². The summed E-state index contributed by atoms with van der Waals surface area (Å²) in [6.45, 7) is 2.46. The Morgan fingerprint density at radius 2 is 2.29 bits per heavy atom. The number of nitrogens with zero attached hydrogens (tertiary/aromatic N) is 1. The van der Waals surface area contributed by atoms with Gasteiger partial charge in [0.25, 0.3) is 0 Å². The van der Waals surface area contributed by atoms with Gasteiger partial charge in [0.15, 0.2) is 0 Å². The first-order valence-electron chi connectivity index (χ1n) is 5.81. The van der Waals surface area contributed by atoms with E-state index in [2.05, 4.69) is 37.5 Å². The molecule has 17 heavy (non-hydrogen) atoms. The molecule has 0 spiro atoms. The van der Waals surface area contributed by atoms with Crippen LogP contribution in [0.5, 0.6) is 0 Å². The number of nitrogens with one attached hydrogen (secondary N) is 2. The van der Waals surface area contributed by atoms with Crippen molar-refractivity contribution < 1.29 is 4.79 Å². The molecule has 2 aliphatic heterocycles. The second-order valence-corrected chi connectivity index (χ2v) is 5.40. The van der Waals surface area contributed by atoms with Crippen molar-refractivity contribution in [3.05, 3.63) is 22.7 Å². The predicted molar refractivity (Wildman–Crippen MR) is 71.4 cm³/mol. The molecule has 4 nitrogen and oxygen atoms in total. The Hall–Kier alpha value is -1.07. The number of hydrogen-bond donors (Lipinski definition) is 2. The molecule has 1 atom stereocenters. The van der Waals surface area contributed by atoms with Gasteiger partial charge in [-0.3, -0.25) is 4.79 Å². The summed E-state index contributed by atoms with van der Waals surface area (Å²) in [6, 6.07) is 6.48. The predicted octanol–water partition coefficient (Wildman–Crippen LogP) is 1.57. The van der Waals surface area contributed by atoms with Crippen LogP contribution in [-0.4, -0.2) is 31.6 Å².